The van der Waals surface area contributed by atoms with Crippen LogP contribution in [0.15, 0.2) is 42.5 Å². The Morgan fingerprint density at radius 1 is 0.964 bits per heavy atom. The fourth-order valence-electron chi connectivity index (χ4n) is 2.97. The summed E-state index contributed by atoms with van der Waals surface area (Å²) < 4.78 is 26.6. The Bertz CT molecular complexity index is 794. The Balaban J connectivity index is 2.34. The third-order valence-electron chi connectivity index (χ3n) is 4.65. The van der Waals surface area contributed by atoms with Gasteiger partial charge in [-0.1, -0.05) is 38.1 Å². The van der Waals surface area contributed by atoms with E-state index in [9.17, 15) is 4.21 Å². The molecule has 0 unspecified atom stereocenters. The molecule has 2 aromatic rings. The second-order valence-corrected chi connectivity index (χ2v) is 10.3. The van der Waals surface area contributed by atoms with Crippen LogP contribution in [0.4, 0.5) is 0 Å². The van der Waals surface area contributed by atoms with Gasteiger partial charge in [0.2, 0.25) is 0 Å². The molecule has 2 atom stereocenters. The monoisotopic (exact) mass is 403 g/mol. The number of ether oxygens (including phenoxy) is 2. The van der Waals surface area contributed by atoms with Gasteiger partial charge in [-0.15, -0.1) is 0 Å². The predicted octanol–water partition coefficient (Wildman–Crippen LogP) is 5.04. The van der Waals surface area contributed by atoms with E-state index < -0.39 is 11.0 Å². The lowest BCUT2D eigenvalue weighted by molar-refractivity contribution is 0.390. The molecule has 4 nitrogen and oxygen atoms in total. The Morgan fingerprint density at radius 2 is 1.57 bits per heavy atom. The molecule has 0 amide bonds. The first kappa shape index (κ1) is 22.4. The molecule has 0 aliphatic carbocycles. The van der Waals surface area contributed by atoms with Gasteiger partial charge in [0.15, 0.2) is 0 Å². The van der Waals surface area contributed by atoms with E-state index in [-0.39, 0.29) is 16.7 Å². The Morgan fingerprint density at radius 3 is 2.07 bits per heavy atom. The first-order chi connectivity index (χ1) is 13.2. The molecule has 0 aromatic heterocycles. The summed E-state index contributed by atoms with van der Waals surface area (Å²) in [6.45, 7) is 10.2. The van der Waals surface area contributed by atoms with E-state index in [1.807, 2.05) is 39.0 Å². The van der Waals surface area contributed by atoms with Gasteiger partial charge in [0.05, 0.1) is 36.0 Å². The molecule has 5 heteroatoms. The first-order valence-electron chi connectivity index (χ1n) is 9.63. The molecule has 0 saturated carbocycles. The first-order valence-corrected chi connectivity index (χ1v) is 10.8. The van der Waals surface area contributed by atoms with Crippen molar-refractivity contribution in [1.29, 1.82) is 0 Å². The van der Waals surface area contributed by atoms with E-state index in [0.29, 0.717) is 0 Å². The van der Waals surface area contributed by atoms with Crippen molar-refractivity contribution in [3.63, 3.8) is 0 Å². The lowest BCUT2D eigenvalue weighted by Crippen LogP contribution is -2.37. The molecule has 0 bridgehead atoms. The molecule has 2 rings (SSSR count). The maximum Gasteiger partial charge on any atom is 0.123 e. The van der Waals surface area contributed by atoms with Gasteiger partial charge in [-0.25, -0.2) is 8.93 Å². The maximum absolute atomic E-state index is 12.7. The van der Waals surface area contributed by atoms with Crippen molar-refractivity contribution in [2.24, 2.45) is 5.92 Å². The standard InChI is InChI=1S/C23H33NO3S/c1-16(2)22(24-28(25)23(3,4)5)20-15-18(10-13-21(20)27-7)14-17-8-11-19(26-6)12-9-17/h8-13,15-16,22,24H,14H2,1-7H3/t22-,28+/m0/s1. The molecule has 0 heterocycles. The minimum absolute atomic E-state index is 0.0641. The summed E-state index contributed by atoms with van der Waals surface area (Å²) >= 11 is 0. The number of methoxy groups -OCH3 is 2. The van der Waals surface area contributed by atoms with Crippen molar-refractivity contribution in [3.8, 4) is 11.5 Å². The minimum Gasteiger partial charge on any atom is -0.497 e. The molecule has 1 N–H and O–H groups in total. The van der Waals surface area contributed by atoms with Gasteiger partial charge >= 0.3 is 0 Å². The highest BCUT2D eigenvalue weighted by molar-refractivity contribution is 7.84. The highest BCUT2D eigenvalue weighted by Crippen LogP contribution is 2.33. The van der Waals surface area contributed by atoms with E-state index in [1.165, 1.54) is 11.1 Å². The molecule has 0 aliphatic rings. The van der Waals surface area contributed by atoms with Gasteiger partial charge < -0.3 is 9.47 Å². The van der Waals surface area contributed by atoms with Gasteiger partial charge in [-0.3, -0.25) is 0 Å². The zero-order chi connectivity index (χ0) is 20.9. The van der Waals surface area contributed by atoms with E-state index in [1.54, 1.807) is 14.2 Å². The number of nitrogens with one attached hydrogen (secondary N) is 1. The third-order valence-corrected chi connectivity index (χ3v) is 6.23. The van der Waals surface area contributed by atoms with Crippen LogP contribution in [0.25, 0.3) is 0 Å². The molecule has 0 saturated heterocycles. The largest absolute Gasteiger partial charge is 0.497 e. The molecule has 0 aliphatic heterocycles. The number of rotatable bonds is 8. The molecule has 0 radical (unpaired) electrons. The van der Waals surface area contributed by atoms with Crippen molar-refractivity contribution in [1.82, 2.24) is 4.72 Å². The summed E-state index contributed by atoms with van der Waals surface area (Å²) in [4.78, 5) is 0. The van der Waals surface area contributed by atoms with Crippen LogP contribution in [-0.2, 0) is 17.4 Å². The van der Waals surface area contributed by atoms with Crippen molar-refractivity contribution in [2.45, 2.75) is 51.8 Å². The molecule has 154 valence electrons. The van der Waals surface area contributed by atoms with Crippen molar-refractivity contribution in [3.05, 3.63) is 59.2 Å². The number of hydrogen-bond acceptors (Lipinski definition) is 3. The van der Waals surface area contributed by atoms with Crippen LogP contribution in [0, 0.1) is 5.92 Å². The highest BCUT2D eigenvalue weighted by Gasteiger charge is 2.27. The molecular formula is C23H33NO3S. The zero-order valence-corrected chi connectivity index (χ0v) is 18.9. The average molecular weight is 404 g/mol. The molecule has 0 fully saturated rings. The fraction of sp³-hybridized carbons (Fsp3) is 0.478. The van der Waals surface area contributed by atoms with Crippen LogP contribution in [0.3, 0.4) is 0 Å². The third kappa shape index (κ3) is 5.82. The second kappa shape index (κ2) is 9.57. The van der Waals surface area contributed by atoms with Gasteiger partial charge in [0.25, 0.3) is 0 Å². The normalized spacial score (nSPS) is 14.0. The summed E-state index contributed by atoms with van der Waals surface area (Å²) in [5.41, 5.74) is 3.44. The van der Waals surface area contributed by atoms with Crippen LogP contribution in [0.1, 0.15) is 57.4 Å². The number of hydrogen-bond donors (Lipinski definition) is 1. The predicted molar refractivity (Wildman–Crippen MR) is 117 cm³/mol. The Kier molecular flexibility index (Phi) is 7.67. The molecule has 0 spiro atoms. The van der Waals surface area contributed by atoms with Crippen LogP contribution < -0.4 is 14.2 Å². The van der Waals surface area contributed by atoms with Gasteiger partial charge in [-0.2, -0.15) is 0 Å². The lowest BCUT2D eigenvalue weighted by Gasteiger charge is -2.28. The average Bonchev–Trinajstić information content (AvgIpc) is 2.65. The fourth-order valence-corrected chi connectivity index (χ4v) is 3.95. The Hall–Kier alpha value is -1.85. The van der Waals surface area contributed by atoms with Crippen molar-refractivity contribution < 1.29 is 13.7 Å². The summed E-state index contributed by atoms with van der Waals surface area (Å²) in [5, 5.41) is 0. The SMILES string of the molecule is COc1ccc(Cc2ccc(OC)c([C@@H](N[S@](=O)C(C)(C)C)C(C)C)c2)cc1. The molecular weight excluding hydrogens is 370 g/mol. The smallest absolute Gasteiger partial charge is 0.123 e. The van der Waals surface area contributed by atoms with Crippen LogP contribution in [0.2, 0.25) is 0 Å². The number of benzene rings is 2. The maximum atomic E-state index is 12.7. The second-order valence-electron chi connectivity index (χ2n) is 8.32. The molecule has 28 heavy (non-hydrogen) atoms. The summed E-state index contributed by atoms with van der Waals surface area (Å²) in [7, 11) is 2.19. The van der Waals surface area contributed by atoms with E-state index >= 15 is 0 Å². The lowest BCUT2D eigenvalue weighted by atomic mass is 9.93. The summed E-state index contributed by atoms with van der Waals surface area (Å²) in [5.74, 6) is 1.93. The van der Waals surface area contributed by atoms with E-state index in [0.717, 1.165) is 23.5 Å². The summed E-state index contributed by atoms with van der Waals surface area (Å²) in [6, 6.07) is 14.3. The van der Waals surface area contributed by atoms with Gasteiger partial charge in [0.1, 0.15) is 11.5 Å². The van der Waals surface area contributed by atoms with Crippen LogP contribution in [-0.4, -0.2) is 23.2 Å². The van der Waals surface area contributed by atoms with E-state index in [4.69, 9.17) is 9.47 Å². The van der Waals surface area contributed by atoms with Crippen LogP contribution in [0.5, 0.6) is 11.5 Å². The topological polar surface area (TPSA) is 47.6 Å². The van der Waals surface area contributed by atoms with Gasteiger partial charge in [-0.05, 0) is 62.4 Å². The highest BCUT2D eigenvalue weighted by atomic mass is 32.2. The zero-order valence-electron chi connectivity index (χ0n) is 18.0. The van der Waals surface area contributed by atoms with Crippen LogP contribution >= 0.6 is 0 Å². The minimum atomic E-state index is -1.17. The van der Waals surface area contributed by atoms with Crippen molar-refractivity contribution in [2.75, 3.05) is 14.2 Å². The van der Waals surface area contributed by atoms with Gasteiger partial charge in [0, 0.05) is 5.56 Å². The molecule has 2 aromatic carbocycles. The van der Waals surface area contributed by atoms with Crippen molar-refractivity contribution >= 4 is 11.0 Å². The Labute approximate surface area is 172 Å². The van der Waals surface area contributed by atoms with E-state index in [2.05, 4.69) is 42.8 Å². The quantitative estimate of drug-likeness (QED) is 0.671. The summed E-state index contributed by atoms with van der Waals surface area (Å²) in [6.07, 6.45) is 0.814.